The van der Waals surface area contributed by atoms with E-state index >= 15 is 0 Å². The molecule has 1 aliphatic rings. The highest BCUT2D eigenvalue weighted by Crippen LogP contribution is 2.38. The number of nitrogens with one attached hydrogen (secondary N) is 2. The van der Waals surface area contributed by atoms with Crippen molar-refractivity contribution in [2.75, 3.05) is 17.7 Å². The SMILES string of the molecule is COc1ccccc1[C@@H]1C(C(=O)Nc2ccccc2)=C(C)Nc2nnnn21. The van der Waals surface area contributed by atoms with Crippen LogP contribution in [0.5, 0.6) is 5.75 Å². The van der Waals surface area contributed by atoms with Crippen LogP contribution in [0.2, 0.25) is 0 Å². The van der Waals surface area contributed by atoms with Crippen molar-refractivity contribution in [2.45, 2.75) is 13.0 Å². The zero-order valence-electron chi connectivity index (χ0n) is 14.9. The van der Waals surface area contributed by atoms with Crippen LogP contribution < -0.4 is 15.4 Å². The van der Waals surface area contributed by atoms with Crippen molar-refractivity contribution in [1.29, 1.82) is 0 Å². The molecule has 0 bridgehead atoms. The molecule has 0 unspecified atom stereocenters. The molecule has 0 aliphatic carbocycles. The molecule has 4 rings (SSSR count). The summed E-state index contributed by atoms with van der Waals surface area (Å²) < 4.78 is 7.10. The molecule has 8 nitrogen and oxygen atoms in total. The fourth-order valence-electron chi connectivity index (χ4n) is 3.21. The average molecular weight is 362 g/mol. The number of ether oxygens (including phenoxy) is 1. The normalized spacial score (nSPS) is 15.7. The minimum atomic E-state index is -0.517. The molecule has 3 aromatic rings. The Bertz CT molecular complexity index is 1010. The first-order chi connectivity index (χ1) is 13.2. The van der Waals surface area contributed by atoms with E-state index < -0.39 is 6.04 Å². The second-order valence-electron chi connectivity index (χ2n) is 6.08. The fourth-order valence-corrected chi connectivity index (χ4v) is 3.21. The van der Waals surface area contributed by atoms with Gasteiger partial charge in [-0.25, -0.2) is 0 Å². The summed E-state index contributed by atoms with van der Waals surface area (Å²) >= 11 is 0. The number of allylic oxidation sites excluding steroid dienone is 1. The molecule has 1 atom stereocenters. The first-order valence-electron chi connectivity index (χ1n) is 8.44. The van der Waals surface area contributed by atoms with Gasteiger partial charge < -0.3 is 15.4 Å². The summed E-state index contributed by atoms with van der Waals surface area (Å²) in [6.07, 6.45) is 0. The number of aromatic nitrogens is 4. The van der Waals surface area contributed by atoms with E-state index in [-0.39, 0.29) is 5.91 Å². The molecule has 0 fully saturated rings. The number of fused-ring (bicyclic) bond motifs is 1. The number of benzene rings is 2. The minimum absolute atomic E-state index is 0.233. The van der Waals surface area contributed by atoms with Gasteiger partial charge in [0.2, 0.25) is 5.95 Å². The molecule has 0 radical (unpaired) electrons. The van der Waals surface area contributed by atoms with Crippen LogP contribution >= 0.6 is 0 Å². The van der Waals surface area contributed by atoms with Crippen LogP contribution in [0.1, 0.15) is 18.5 Å². The number of tetrazole rings is 1. The standard InChI is InChI=1S/C19H18N6O2/c1-12-16(18(26)21-13-8-4-3-5-9-13)17(25-19(20-12)22-23-24-25)14-10-6-7-11-15(14)27-2/h3-11,17H,1-2H3,(H,21,26)(H,20,22,24)/t17-/m1/s1. The van der Waals surface area contributed by atoms with Gasteiger partial charge in [-0.05, 0) is 35.5 Å². The Morgan fingerprint density at radius 2 is 1.89 bits per heavy atom. The third-order valence-corrected chi connectivity index (χ3v) is 4.42. The average Bonchev–Trinajstić information content (AvgIpc) is 3.15. The topological polar surface area (TPSA) is 94.0 Å². The molecule has 2 aromatic carbocycles. The Balaban J connectivity index is 1.81. The lowest BCUT2D eigenvalue weighted by atomic mass is 9.94. The van der Waals surface area contributed by atoms with Crippen LogP contribution in [-0.2, 0) is 4.79 Å². The first kappa shape index (κ1) is 16.8. The predicted molar refractivity (Wildman–Crippen MR) is 100 cm³/mol. The van der Waals surface area contributed by atoms with Gasteiger partial charge in [-0.2, -0.15) is 4.68 Å². The first-order valence-corrected chi connectivity index (χ1v) is 8.44. The molecular weight excluding hydrogens is 344 g/mol. The van der Waals surface area contributed by atoms with Crippen LogP contribution in [-0.4, -0.2) is 33.2 Å². The van der Waals surface area contributed by atoms with Crippen LogP contribution in [0.25, 0.3) is 0 Å². The Kier molecular flexibility index (Phi) is 4.29. The molecule has 1 aliphatic heterocycles. The van der Waals surface area contributed by atoms with Gasteiger partial charge in [0, 0.05) is 16.9 Å². The number of hydrogen-bond donors (Lipinski definition) is 2. The number of anilines is 2. The molecule has 0 saturated carbocycles. The molecule has 27 heavy (non-hydrogen) atoms. The van der Waals surface area contributed by atoms with Crippen LogP contribution in [0.15, 0.2) is 65.9 Å². The molecule has 0 saturated heterocycles. The number of carbonyl (C=O) groups excluding carboxylic acids is 1. The van der Waals surface area contributed by atoms with Gasteiger partial charge in [-0.15, -0.1) is 0 Å². The van der Waals surface area contributed by atoms with Gasteiger partial charge in [-0.3, -0.25) is 4.79 Å². The number of methoxy groups -OCH3 is 1. The van der Waals surface area contributed by atoms with Crippen LogP contribution in [0, 0.1) is 0 Å². The lowest BCUT2D eigenvalue weighted by Gasteiger charge is -2.28. The highest BCUT2D eigenvalue weighted by Gasteiger charge is 2.35. The summed E-state index contributed by atoms with van der Waals surface area (Å²) in [6.45, 7) is 1.83. The van der Waals surface area contributed by atoms with E-state index in [0.29, 0.717) is 28.7 Å². The number of para-hydroxylation sites is 2. The summed E-state index contributed by atoms with van der Waals surface area (Å²) in [4.78, 5) is 13.2. The quantitative estimate of drug-likeness (QED) is 0.741. The summed E-state index contributed by atoms with van der Waals surface area (Å²) in [7, 11) is 1.60. The summed E-state index contributed by atoms with van der Waals surface area (Å²) in [5.41, 5.74) is 2.71. The maximum Gasteiger partial charge on any atom is 0.255 e. The molecule has 2 N–H and O–H groups in total. The highest BCUT2D eigenvalue weighted by atomic mass is 16.5. The largest absolute Gasteiger partial charge is 0.496 e. The van der Waals surface area contributed by atoms with E-state index in [0.717, 1.165) is 5.56 Å². The van der Waals surface area contributed by atoms with Gasteiger partial charge in [0.15, 0.2) is 0 Å². The number of carbonyl (C=O) groups is 1. The van der Waals surface area contributed by atoms with Crippen molar-refractivity contribution in [3.63, 3.8) is 0 Å². The second-order valence-corrected chi connectivity index (χ2v) is 6.08. The van der Waals surface area contributed by atoms with Crippen molar-refractivity contribution in [1.82, 2.24) is 20.2 Å². The van der Waals surface area contributed by atoms with Crippen molar-refractivity contribution in [3.8, 4) is 5.75 Å². The van der Waals surface area contributed by atoms with E-state index in [9.17, 15) is 4.79 Å². The van der Waals surface area contributed by atoms with Crippen LogP contribution in [0.4, 0.5) is 11.6 Å². The molecule has 0 spiro atoms. The Morgan fingerprint density at radius 3 is 2.67 bits per heavy atom. The van der Waals surface area contributed by atoms with Gasteiger partial charge in [0.25, 0.3) is 5.91 Å². The summed E-state index contributed by atoms with van der Waals surface area (Å²) in [6, 6.07) is 16.3. The van der Waals surface area contributed by atoms with Gasteiger partial charge in [0.05, 0.1) is 12.7 Å². The van der Waals surface area contributed by atoms with Crippen molar-refractivity contribution >= 4 is 17.5 Å². The Labute approximate surface area is 155 Å². The van der Waals surface area contributed by atoms with E-state index in [4.69, 9.17) is 4.74 Å². The molecule has 136 valence electrons. The predicted octanol–water partition coefficient (Wildman–Crippen LogP) is 2.61. The van der Waals surface area contributed by atoms with Gasteiger partial charge in [-0.1, -0.05) is 41.5 Å². The molecule has 2 heterocycles. The smallest absolute Gasteiger partial charge is 0.255 e. The lowest BCUT2D eigenvalue weighted by molar-refractivity contribution is -0.113. The van der Waals surface area contributed by atoms with Crippen molar-refractivity contribution in [2.24, 2.45) is 0 Å². The third-order valence-electron chi connectivity index (χ3n) is 4.42. The zero-order valence-corrected chi connectivity index (χ0v) is 14.9. The van der Waals surface area contributed by atoms with Crippen LogP contribution in [0.3, 0.4) is 0 Å². The van der Waals surface area contributed by atoms with E-state index in [1.807, 2.05) is 61.5 Å². The minimum Gasteiger partial charge on any atom is -0.496 e. The van der Waals surface area contributed by atoms with E-state index in [1.165, 1.54) is 0 Å². The second kappa shape index (κ2) is 6.91. The van der Waals surface area contributed by atoms with Crippen molar-refractivity contribution in [3.05, 3.63) is 71.4 Å². The van der Waals surface area contributed by atoms with Crippen molar-refractivity contribution < 1.29 is 9.53 Å². The summed E-state index contributed by atoms with van der Waals surface area (Å²) in [5.74, 6) is 0.895. The van der Waals surface area contributed by atoms with Gasteiger partial charge >= 0.3 is 0 Å². The molecule has 1 aromatic heterocycles. The fraction of sp³-hybridized carbons (Fsp3) is 0.158. The van der Waals surface area contributed by atoms with Gasteiger partial charge in [0.1, 0.15) is 11.8 Å². The monoisotopic (exact) mass is 362 g/mol. The molecule has 8 heteroatoms. The Morgan fingerprint density at radius 1 is 1.15 bits per heavy atom. The molecule has 1 amide bonds. The highest BCUT2D eigenvalue weighted by molar-refractivity contribution is 6.06. The Hall–Kier alpha value is -3.68. The number of amides is 1. The van der Waals surface area contributed by atoms with E-state index in [1.54, 1.807) is 11.8 Å². The maximum absolute atomic E-state index is 13.2. The summed E-state index contributed by atoms with van der Waals surface area (Å²) in [5, 5.41) is 17.9. The number of rotatable bonds is 4. The maximum atomic E-state index is 13.2. The van der Waals surface area contributed by atoms with E-state index in [2.05, 4.69) is 26.2 Å². The molecular formula is C19H18N6O2. The zero-order chi connectivity index (χ0) is 18.8. The number of hydrogen-bond acceptors (Lipinski definition) is 6. The third kappa shape index (κ3) is 3.01. The lowest BCUT2D eigenvalue weighted by Crippen LogP contribution is -2.31. The number of nitrogens with zero attached hydrogens (tertiary/aromatic N) is 4.